The highest BCUT2D eigenvalue weighted by atomic mass is 16.3. The average molecular weight is 299 g/mol. The summed E-state index contributed by atoms with van der Waals surface area (Å²) in [4.78, 5) is 18.3. The highest BCUT2D eigenvalue weighted by molar-refractivity contribution is 5.75. The van der Waals surface area contributed by atoms with Crippen LogP contribution in [-0.4, -0.2) is 40.7 Å². The van der Waals surface area contributed by atoms with E-state index in [1.54, 1.807) is 11.1 Å². The number of aliphatic hydroxyl groups is 1. The number of aliphatic hydroxyl groups excluding tert-OH is 1. The predicted octanol–water partition coefficient (Wildman–Crippen LogP) is 2.19. The molecule has 2 aromatic rings. The number of urea groups is 1. The molecule has 0 aliphatic carbocycles. The van der Waals surface area contributed by atoms with Crippen LogP contribution in [0.1, 0.15) is 24.2 Å². The van der Waals surface area contributed by atoms with Crippen molar-refractivity contribution in [3.8, 4) is 0 Å². The summed E-state index contributed by atoms with van der Waals surface area (Å²) >= 11 is 0. The Labute approximate surface area is 130 Å². The quantitative estimate of drug-likeness (QED) is 0.859. The molecule has 0 saturated heterocycles. The van der Waals surface area contributed by atoms with Gasteiger partial charge in [-0.2, -0.15) is 0 Å². The number of rotatable bonds is 6. The van der Waals surface area contributed by atoms with E-state index in [2.05, 4.69) is 10.3 Å². The molecular formula is C17H21N3O2. The molecule has 5 nitrogen and oxygen atoms in total. The van der Waals surface area contributed by atoms with Gasteiger partial charge in [0.2, 0.25) is 0 Å². The molecule has 2 rings (SSSR count). The lowest BCUT2D eigenvalue weighted by Gasteiger charge is -2.25. The zero-order valence-corrected chi connectivity index (χ0v) is 12.6. The van der Waals surface area contributed by atoms with Crippen LogP contribution in [0, 0.1) is 0 Å². The highest BCUT2D eigenvalue weighted by Crippen LogP contribution is 2.20. The van der Waals surface area contributed by atoms with Crippen molar-refractivity contribution in [1.82, 2.24) is 15.2 Å². The SMILES string of the molecule is CCN(CCO)C(=O)NC(c1ccccc1)c1ccccn1. The van der Waals surface area contributed by atoms with Crippen LogP contribution in [0.4, 0.5) is 4.79 Å². The fourth-order valence-electron chi connectivity index (χ4n) is 2.26. The van der Waals surface area contributed by atoms with Gasteiger partial charge < -0.3 is 15.3 Å². The summed E-state index contributed by atoms with van der Waals surface area (Å²) in [6.07, 6.45) is 1.71. The normalized spacial score (nSPS) is 11.7. The molecule has 5 heteroatoms. The van der Waals surface area contributed by atoms with Gasteiger partial charge in [-0.15, -0.1) is 0 Å². The van der Waals surface area contributed by atoms with Crippen molar-refractivity contribution < 1.29 is 9.90 Å². The van der Waals surface area contributed by atoms with Crippen LogP contribution in [0.2, 0.25) is 0 Å². The lowest BCUT2D eigenvalue weighted by atomic mass is 10.0. The van der Waals surface area contributed by atoms with E-state index >= 15 is 0 Å². The van der Waals surface area contributed by atoms with E-state index in [9.17, 15) is 4.79 Å². The number of aromatic nitrogens is 1. The number of pyridine rings is 1. The molecule has 1 atom stereocenters. The maximum atomic E-state index is 12.4. The molecule has 0 bridgehead atoms. The number of likely N-dealkylation sites (N-methyl/N-ethyl adjacent to an activating group) is 1. The van der Waals surface area contributed by atoms with E-state index in [4.69, 9.17) is 5.11 Å². The monoisotopic (exact) mass is 299 g/mol. The van der Waals surface area contributed by atoms with Crippen molar-refractivity contribution in [2.24, 2.45) is 0 Å². The molecule has 2 N–H and O–H groups in total. The molecule has 0 radical (unpaired) electrons. The van der Waals surface area contributed by atoms with Gasteiger partial charge in [-0.3, -0.25) is 4.98 Å². The van der Waals surface area contributed by atoms with E-state index in [1.807, 2.05) is 55.5 Å². The maximum Gasteiger partial charge on any atom is 0.318 e. The van der Waals surface area contributed by atoms with Gasteiger partial charge in [0.15, 0.2) is 0 Å². The third-order valence-corrected chi connectivity index (χ3v) is 3.42. The Morgan fingerprint density at radius 3 is 2.55 bits per heavy atom. The van der Waals surface area contributed by atoms with Gasteiger partial charge in [0.05, 0.1) is 18.3 Å². The van der Waals surface area contributed by atoms with Crippen LogP contribution in [0.5, 0.6) is 0 Å². The van der Waals surface area contributed by atoms with Crippen molar-refractivity contribution in [2.75, 3.05) is 19.7 Å². The van der Waals surface area contributed by atoms with Crippen LogP contribution >= 0.6 is 0 Å². The number of benzene rings is 1. The van der Waals surface area contributed by atoms with Gasteiger partial charge in [0.1, 0.15) is 0 Å². The van der Waals surface area contributed by atoms with Crippen LogP contribution in [0.3, 0.4) is 0 Å². The number of carbonyl (C=O) groups excluding carboxylic acids is 1. The second-order valence-electron chi connectivity index (χ2n) is 4.85. The van der Waals surface area contributed by atoms with Gasteiger partial charge in [-0.25, -0.2) is 4.79 Å². The zero-order valence-electron chi connectivity index (χ0n) is 12.6. The first-order valence-corrected chi connectivity index (χ1v) is 7.38. The summed E-state index contributed by atoms with van der Waals surface area (Å²) in [5.74, 6) is 0. The minimum Gasteiger partial charge on any atom is -0.395 e. The number of nitrogens with one attached hydrogen (secondary N) is 1. The molecule has 22 heavy (non-hydrogen) atoms. The van der Waals surface area contributed by atoms with Crippen molar-refractivity contribution in [2.45, 2.75) is 13.0 Å². The predicted molar refractivity (Wildman–Crippen MR) is 85.4 cm³/mol. The number of nitrogens with zero attached hydrogens (tertiary/aromatic N) is 2. The smallest absolute Gasteiger partial charge is 0.318 e. The second-order valence-corrected chi connectivity index (χ2v) is 4.85. The number of hydrogen-bond acceptors (Lipinski definition) is 3. The van der Waals surface area contributed by atoms with E-state index in [1.165, 1.54) is 0 Å². The van der Waals surface area contributed by atoms with E-state index < -0.39 is 0 Å². The second kappa shape index (κ2) is 8.14. The minimum atomic E-state index is -0.317. The van der Waals surface area contributed by atoms with Crippen molar-refractivity contribution >= 4 is 6.03 Å². The zero-order chi connectivity index (χ0) is 15.8. The largest absolute Gasteiger partial charge is 0.395 e. The molecule has 116 valence electrons. The summed E-state index contributed by atoms with van der Waals surface area (Å²) in [7, 11) is 0. The number of hydrogen-bond donors (Lipinski definition) is 2. The fraction of sp³-hybridized carbons (Fsp3) is 0.294. The van der Waals surface area contributed by atoms with Gasteiger partial charge in [0, 0.05) is 19.3 Å². The number of carbonyl (C=O) groups is 1. The molecule has 1 unspecified atom stereocenters. The molecule has 2 amide bonds. The Kier molecular flexibility index (Phi) is 5.91. The third kappa shape index (κ3) is 4.05. The molecule has 0 aliphatic heterocycles. The van der Waals surface area contributed by atoms with E-state index in [-0.39, 0.29) is 18.7 Å². The average Bonchev–Trinajstić information content (AvgIpc) is 2.59. The Morgan fingerprint density at radius 1 is 1.23 bits per heavy atom. The van der Waals surface area contributed by atoms with Gasteiger partial charge in [-0.05, 0) is 24.6 Å². The molecular weight excluding hydrogens is 278 g/mol. The summed E-state index contributed by atoms with van der Waals surface area (Å²) in [6.45, 7) is 2.68. The Morgan fingerprint density at radius 2 is 1.95 bits per heavy atom. The first-order chi connectivity index (χ1) is 10.8. The first kappa shape index (κ1) is 16.0. The molecule has 0 fully saturated rings. The topological polar surface area (TPSA) is 65.5 Å². The molecule has 1 heterocycles. The third-order valence-electron chi connectivity index (χ3n) is 3.42. The van der Waals surface area contributed by atoms with Crippen molar-refractivity contribution in [3.05, 3.63) is 66.0 Å². The standard InChI is InChI=1S/C17H21N3O2/c1-2-20(12-13-21)17(22)19-16(14-8-4-3-5-9-14)15-10-6-7-11-18-15/h3-11,16,21H,2,12-13H2,1H3,(H,19,22). The summed E-state index contributed by atoms with van der Waals surface area (Å²) < 4.78 is 0. The Bertz CT molecular complexity index is 535. The van der Waals surface area contributed by atoms with Gasteiger partial charge in [0.25, 0.3) is 0 Å². The highest BCUT2D eigenvalue weighted by Gasteiger charge is 2.20. The molecule has 1 aromatic carbocycles. The molecule has 0 spiro atoms. The molecule has 0 aliphatic rings. The fourth-order valence-corrected chi connectivity index (χ4v) is 2.26. The van der Waals surface area contributed by atoms with Crippen LogP contribution < -0.4 is 5.32 Å². The van der Waals surface area contributed by atoms with Gasteiger partial charge >= 0.3 is 6.03 Å². The summed E-state index contributed by atoms with van der Waals surface area (Å²) in [6, 6.07) is 14.8. The van der Waals surface area contributed by atoms with Crippen LogP contribution in [0.15, 0.2) is 54.7 Å². The number of amides is 2. The van der Waals surface area contributed by atoms with Crippen LogP contribution in [-0.2, 0) is 0 Å². The lowest BCUT2D eigenvalue weighted by molar-refractivity contribution is 0.178. The molecule has 0 saturated carbocycles. The van der Waals surface area contributed by atoms with E-state index in [0.717, 1.165) is 11.3 Å². The summed E-state index contributed by atoms with van der Waals surface area (Å²) in [5.41, 5.74) is 1.75. The molecule has 1 aromatic heterocycles. The Balaban J connectivity index is 2.24. The maximum absolute atomic E-state index is 12.4. The lowest BCUT2D eigenvalue weighted by Crippen LogP contribution is -2.43. The summed E-state index contributed by atoms with van der Waals surface area (Å²) in [5, 5.41) is 12.0. The van der Waals surface area contributed by atoms with E-state index in [0.29, 0.717) is 13.1 Å². The Hall–Kier alpha value is -2.40. The van der Waals surface area contributed by atoms with Gasteiger partial charge in [-0.1, -0.05) is 36.4 Å². The van der Waals surface area contributed by atoms with Crippen molar-refractivity contribution in [1.29, 1.82) is 0 Å². The minimum absolute atomic E-state index is 0.0547. The first-order valence-electron chi connectivity index (χ1n) is 7.38. The van der Waals surface area contributed by atoms with Crippen LogP contribution in [0.25, 0.3) is 0 Å². The van der Waals surface area contributed by atoms with Crippen molar-refractivity contribution in [3.63, 3.8) is 0 Å².